The van der Waals surface area contributed by atoms with Crippen LogP contribution in [0.15, 0.2) is 24.3 Å². The fourth-order valence-corrected chi connectivity index (χ4v) is 4.04. The lowest BCUT2D eigenvalue weighted by Gasteiger charge is -2.30. The summed E-state index contributed by atoms with van der Waals surface area (Å²) in [4.78, 5) is 0. The highest BCUT2D eigenvalue weighted by Gasteiger charge is 2.27. The minimum Gasteiger partial charge on any atom is -0.316 e. The Kier molecular flexibility index (Phi) is 5.61. The van der Waals surface area contributed by atoms with Gasteiger partial charge in [0.1, 0.15) is 0 Å². The Balaban J connectivity index is 2.13. The molecule has 0 saturated heterocycles. The zero-order valence-electron chi connectivity index (χ0n) is 12.8. The molecule has 1 saturated carbocycles. The van der Waals surface area contributed by atoms with Gasteiger partial charge in [-0.2, -0.15) is 12.7 Å². The van der Waals surface area contributed by atoms with Crippen molar-refractivity contribution in [1.29, 1.82) is 0 Å². The highest BCUT2D eigenvalue weighted by Crippen LogP contribution is 2.25. The first-order valence-corrected chi connectivity index (χ1v) is 8.97. The molecule has 0 aromatic heterocycles. The third-order valence-electron chi connectivity index (χ3n) is 4.09. The van der Waals surface area contributed by atoms with Gasteiger partial charge in [-0.3, -0.25) is 4.72 Å². The molecule has 0 radical (unpaired) electrons. The van der Waals surface area contributed by atoms with Gasteiger partial charge in [0.15, 0.2) is 0 Å². The summed E-state index contributed by atoms with van der Waals surface area (Å²) in [5.41, 5.74) is 1.59. The number of rotatable bonds is 6. The van der Waals surface area contributed by atoms with Crippen molar-refractivity contribution in [2.45, 2.75) is 44.7 Å². The van der Waals surface area contributed by atoms with Crippen molar-refractivity contribution in [1.82, 2.24) is 9.62 Å². The molecule has 0 amide bonds. The number of hydrogen-bond acceptors (Lipinski definition) is 3. The second-order valence-corrected chi connectivity index (χ2v) is 7.33. The lowest BCUT2D eigenvalue weighted by molar-refractivity contribution is 0.287. The minimum atomic E-state index is -3.50. The van der Waals surface area contributed by atoms with Crippen molar-refractivity contribution in [3.05, 3.63) is 29.8 Å². The predicted molar refractivity (Wildman–Crippen MR) is 86.4 cm³/mol. The van der Waals surface area contributed by atoms with E-state index >= 15 is 0 Å². The molecule has 1 aromatic carbocycles. The second kappa shape index (κ2) is 7.24. The van der Waals surface area contributed by atoms with Crippen LogP contribution in [0.4, 0.5) is 5.69 Å². The molecule has 6 heteroatoms. The molecule has 0 spiro atoms. The lowest BCUT2D eigenvalue weighted by Crippen LogP contribution is -2.41. The minimum absolute atomic E-state index is 0.118. The molecule has 0 heterocycles. The van der Waals surface area contributed by atoms with E-state index < -0.39 is 10.2 Å². The van der Waals surface area contributed by atoms with E-state index in [1.807, 2.05) is 25.2 Å². The van der Waals surface area contributed by atoms with Crippen LogP contribution >= 0.6 is 0 Å². The summed E-state index contributed by atoms with van der Waals surface area (Å²) in [6.45, 7) is 0.631. The molecule has 1 aliphatic carbocycles. The molecule has 2 N–H and O–H groups in total. The average Bonchev–Trinajstić information content (AvgIpc) is 2.49. The standard InChI is InChI=1S/C15H25N3O2S/c1-16-12-13-8-6-7-11-15(13)17-21(19,20)18(2)14-9-4-3-5-10-14/h6-8,11,14,16-17H,3-5,9-10,12H2,1-2H3. The lowest BCUT2D eigenvalue weighted by atomic mass is 9.96. The van der Waals surface area contributed by atoms with E-state index in [4.69, 9.17) is 0 Å². The zero-order chi connectivity index (χ0) is 15.3. The number of hydrogen-bond donors (Lipinski definition) is 2. The van der Waals surface area contributed by atoms with E-state index in [2.05, 4.69) is 10.0 Å². The van der Waals surface area contributed by atoms with E-state index in [9.17, 15) is 8.42 Å². The van der Waals surface area contributed by atoms with E-state index in [0.717, 1.165) is 31.2 Å². The van der Waals surface area contributed by atoms with Crippen LogP contribution in [0.2, 0.25) is 0 Å². The van der Waals surface area contributed by atoms with E-state index in [-0.39, 0.29) is 6.04 Å². The van der Waals surface area contributed by atoms with Gasteiger partial charge in [-0.15, -0.1) is 0 Å². The number of benzene rings is 1. The number of anilines is 1. The third-order valence-corrected chi connectivity index (χ3v) is 5.63. The first kappa shape index (κ1) is 16.3. The molecule has 0 atom stereocenters. The molecule has 0 aliphatic heterocycles. The fraction of sp³-hybridized carbons (Fsp3) is 0.600. The smallest absolute Gasteiger partial charge is 0.301 e. The van der Waals surface area contributed by atoms with Crippen molar-refractivity contribution in [2.75, 3.05) is 18.8 Å². The Morgan fingerprint density at radius 2 is 1.86 bits per heavy atom. The quantitative estimate of drug-likeness (QED) is 0.847. The Bertz CT molecular complexity index is 554. The molecule has 118 valence electrons. The van der Waals surface area contributed by atoms with E-state index in [1.165, 1.54) is 10.7 Å². The number of nitrogens with zero attached hydrogens (tertiary/aromatic N) is 1. The van der Waals surface area contributed by atoms with Gasteiger partial charge in [0.2, 0.25) is 0 Å². The van der Waals surface area contributed by atoms with E-state index in [0.29, 0.717) is 12.2 Å². The molecule has 5 nitrogen and oxygen atoms in total. The largest absolute Gasteiger partial charge is 0.316 e. The Hall–Kier alpha value is -1.11. The van der Waals surface area contributed by atoms with Crippen LogP contribution in [-0.4, -0.2) is 32.9 Å². The molecule has 21 heavy (non-hydrogen) atoms. The first-order valence-electron chi connectivity index (χ1n) is 7.53. The maximum atomic E-state index is 12.6. The summed E-state index contributed by atoms with van der Waals surface area (Å²) in [5, 5.41) is 3.05. The van der Waals surface area contributed by atoms with Crippen molar-refractivity contribution < 1.29 is 8.42 Å². The van der Waals surface area contributed by atoms with Crippen LogP contribution in [0, 0.1) is 0 Å². The first-order chi connectivity index (χ1) is 10.0. The van der Waals surface area contributed by atoms with Gasteiger partial charge in [-0.05, 0) is 31.5 Å². The summed E-state index contributed by atoms with van der Waals surface area (Å²) in [6, 6.07) is 7.61. The predicted octanol–water partition coefficient (Wildman–Crippen LogP) is 2.33. The van der Waals surface area contributed by atoms with Gasteiger partial charge in [0.25, 0.3) is 0 Å². The van der Waals surface area contributed by atoms with Crippen LogP contribution in [0.1, 0.15) is 37.7 Å². The summed E-state index contributed by atoms with van der Waals surface area (Å²) >= 11 is 0. The Morgan fingerprint density at radius 3 is 2.52 bits per heavy atom. The van der Waals surface area contributed by atoms with Crippen LogP contribution in [0.5, 0.6) is 0 Å². The molecule has 0 bridgehead atoms. The number of para-hydroxylation sites is 1. The fourth-order valence-electron chi connectivity index (χ4n) is 2.82. The molecule has 1 aliphatic rings. The number of nitrogens with one attached hydrogen (secondary N) is 2. The summed E-state index contributed by atoms with van der Waals surface area (Å²) in [5.74, 6) is 0. The van der Waals surface area contributed by atoms with Crippen molar-refractivity contribution in [2.24, 2.45) is 0 Å². The van der Waals surface area contributed by atoms with E-state index in [1.54, 1.807) is 13.1 Å². The van der Waals surface area contributed by atoms with Gasteiger partial charge in [0, 0.05) is 19.6 Å². The maximum Gasteiger partial charge on any atom is 0.301 e. The monoisotopic (exact) mass is 311 g/mol. The van der Waals surface area contributed by atoms with Crippen LogP contribution in [0.3, 0.4) is 0 Å². The maximum absolute atomic E-state index is 12.6. The highest BCUT2D eigenvalue weighted by molar-refractivity contribution is 7.90. The van der Waals surface area contributed by atoms with Gasteiger partial charge in [-0.25, -0.2) is 0 Å². The second-order valence-electron chi connectivity index (χ2n) is 5.60. The van der Waals surface area contributed by atoms with Crippen molar-refractivity contribution in [3.8, 4) is 0 Å². The Morgan fingerprint density at radius 1 is 1.19 bits per heavy atom. The van der Waals surface area contributed by atoms with Crippen LogP contribution in [0.25, 0.3) is 0 Å². The van der Waals surface area contributed by atoms with Crippen molar-refractivity contribution >= 4 is 15.9 Å². The molecule has 2 rings (SSSR count). The third kappa shape index (κ3) is 4.18. The molecular weight excluding hydrogens is 286 g/mol. The zero-order valence-corrected chi connectivity index (χ0v) is 13.6. The summed E-state index contributed by atoms with van der Waals surface area (Å²) < 4.78 is 29.3. The molecular formula is C15H25N3O2S. The SMILES string of the molecule is CNCc1ccccc1NS(=O)(=O)N(C)C1CCCCC1. The van der Waals surface area contributed by atoms with Gasteiger partial charge in [0.05, 0.1) is 5.69 Å². The van der Waals surface area contributed by atoms with Gasteiger partial charge in [-0.1, -0.05) is 37.5 Å². The molecule has 0 unspecified atom stereocenters. The van der Waals surface area contributed by atoms with Gasteiger partial charge < -0.3 is 5.32 Å². The Labute approximate surface area is 127 Å². The molecule has 1 aromatic rings. The average molecular weight is 311 g/mol. The van der Waals surface area contributed by atoms with Crippen LogP contribution < -0.4 is 10.0 Å². The summed E-state index contributed by atoms with van der Waals surface area (Å²) in [6.07, 6.45) is 5.34. The highest BCUT2D eigenvalue weighted by atomic mass is 32.2. The summed E-state index contributed by atoms with van der Waals surface area (Å²) in [7, 11) is 0.0280. The normalized spacial score (nSPS) is 17.1. The van der Waals surface area contributed by atoms with Crippen LogP contribution in [-0.2, 0) is 16.8 Å². The molecule has 1 fully saturated rings. The van der Waals surface area contributed by atoms with Gasteiger partial charge >= 0.3 is 10.2 Å². The van der Waals surface area contributed by atoms with Crippen molar-refractivity contribution in [3.63, 3.8) is 0 Å². The topological polar surface area (TPSA) is 61.4 Å².